The molecule has 0 atom stereocenters. The molecule has 2 N–H and O–H groups in total. The molecule has 1 spiro atoms. The van der Waals surface area contributed by atoms with Crippen LogP contribution in [0.5, 0.6) is 0 Å². The molecule has 2 aliphatic heterocycles. The number of hydrogen-bond donors (Lipinski definition) is 2. The molecule has 1 aliphatic carbocycles. The smallest absolute Gasteiger partial charge is 0.325 e. The van der Waals surface area contributed by atoms with E-state index in [2.05, 4.69) is 10.6 Å². The third-order valence-corrected chi connectivity index (χ3v) is 6.19. The van der Waals surface area contributed by atoms with Crippen LogP contribution in [0.1, 0.15) is 38.5 Å². The second-order valence-electron chi connectivity index (χ2n) is 8.28. The van der Waals surface area contributed by atoms with E-state index in [4.69, 9.17) is 4.74 Å². The summed E-state index contributed by atoms with van der Waals surface area (Å²) in [7, 11) is 1.63. The molecule has 1 saturated carbocycles. The molecule has 0 aromatic rings. The monoisotopic (exact) mass is 423 g/mol. The van der Waals surface area contributed by atoms with Crippen LogP contribution in [-0.2, 0) is 19.1 Å². The normalized spacial score (nSPS) is 21.4. The van der Waals surface area contributed by atoms with Crippen molar-refractivity contribution >= 4 is 23.8 Å². The first-order chi connectivity index (χ1) is 14.4. The molecule has 0 aromatic carbocycles. The molecule has 2 heterocycles. The third-order valence-electron chi connectivity index (χ3n) is 6.19. The number of rotatable bonds is 9. The minimum atomic E-state index is -0.726. The quantitative estimate of drug-likeness (QED) is 0.383. The molecular formula is C20H33N5O5. The molecule has 3 rings (SSSR count). The molecule has 0 bridgehead atoms. The number of urea groups is 1. The first-order valence-corrected chi connectivity index (χ1v) is 10.8. The summed E-state index contributed by atoms with van der Waals surface area (Å²) >= 11 is 0. The summed E-state index contributed by atoms with van der Waals surface area (Å²) in [4.78, 5) is 54.4. The Labute approximate surface area is 177 Å². The van der Waals surface area contributed by atoms with Gasteiger partial charge in [-0.2, -0.15) is 0 Å². The van der Waals surface area contributed by atoms with Gasteiger partial charge in [0, 0.05) is 59.4 Å². The summed E-state index contributed by atoms with van der Waals surface area (Å²) < 4.78 is 4.95. The summed E-state index contributed by atoms with van der Waals surface area (Å²) in [5, 5.41) is 5.70. The number of imide groups is 1. The van der Waals surface area contributed by atoms with Crippen molar-refractivity contribution in [3.05, 3.63) is 0 Å². The maximum atomic E-state index is 12.7. The van der Waals surface area contributed by atoms with Gasteiger partial charge in [0.15, 0.2) is 0 Å². The van der Waals surface area contributed by atoms with Crippen LogP contribution < -0.4 is 10.6 Å². The molecule has 2 saturated heterocycles. The Morgan fingerprint density at radius 2 is 1.83 bits per heavy atom. The largest absolute Gasteiger partial charge is 0.385 e. The van der Waals surface area contributed by atoms with E-state index in [9.17, 15) is 19.2 Å². The zero-order chi connectivity index (χ0) is 21.6. The van der Waals surface area contributed by atoms with E-state index in [1.165, 1.54) is 4.90 Å². The van der Waals surface area contributed by atoms with Crippen molar-refractivity contribution in [1.82, 2.24) is 25.3 Å². The Hall–Kier alpha value is -2.20. The molecule has 10 nitrogen and oxygen atoms in total. The summed E-state index contributed by atoms with van der Waals surface area (Å²) in [5.74, 6) is -0.268. The van der Waals surface area contributed by atoms with Crippen LogP contribution in [-0.4, -0.2) is 104 Å². The summed E-state index contributed by atoms with van der Waals surface area (Å²) in [5.41, 5.74) is -0.726. The van der Waals surface area contributed by atoms with E-state index in [1.807, 2.05) is 4.90 Å². The number of ether oxygens (including phenoxy) is 1. The number of carbonyl (C=O) groups excluding carboxylic acids is 4. The number of methoxy groups -OCH3 is 1. The maximum Gasteiger partial charge on any atom is 0.325 e. The number of piperazine rings is 1. The Balaban J connectivity index is 1.36. The maximum absolute atomic E-state index is 12.7. The fourth-order valence-corrected chi connectivity index (χ4v) is 4.42. The van der Waals surface area contributed by atoms with Crippen LogP contribution in [0.25, 0.3) is 0 Å². The topological polar surface area (TPSA) is 111 Å². The van der Waals surface area contributed by atoms with Crippen molar-refractivity contribution in [1.29, 1.82) is 0 Å². The van der Waals surface area contributed by atoms with E-state index in [0.717, 1.165) is 19.3 Å². The highest BCUT2D eigenvalue weighted by Crippen LogP contribution is 2.35. The van der Waals surface area contributed by atoms with Gasteiger partial charge in [-0.15, -0.1) is 0 Å². The molecule has 3 aliphatic rings. The van der Waals surface area contributed by atoms with E-state index in [1.54, 1.807) is 12.0 Å². The summed E-state index contributed by atoms with van der Waals surface area (Å²) in [6.07, 6.45) is 4.16. The third kappa shape index (κ3) is 5.28. The van der Waals surface area contributed by atoms with E-state index in [-0.39, 0.29) is 36.7 Å². The van der Waals surface area contributed by atoms with Crippen molar-refractivity contribution in [2.45, 2.75) is 44.1 Å². The molecule has 0 unspecified atom stereocenters. The van der Waals surface area contributed by atoms with Gasteiger partial charge in [0.05, 0.1) is 6.54 Å². The first-order valence-electron chi connectivity index (χ1n) is 10.8. The van der Waals surface area contributed by atoms with Crippen LogP contribution >= 0.6 is 0 Å². The van der Waals surface area contributed by atoms with Gasteiger partial charge in [-0.3, -0.25) is 24.2 Å². The lowest BCUT2D eigenvalue weighted by Crippen LogP contribution is -2.51. The van der Waals surface area contributed by atoms with Crippen molar-refractivity contribution in [2.75, 3.05) is 59.5 Å². The molecular weight excluding hydrogens is 390 g/mol. The SMILES string of the molecule is COCCCNC(=O)CN1CCN(C(=O)CCN2C(=O)NC3(CCCC3)C2=O)CC1. The van der Waals surface area contributed by atoms with Gasteiger partial charge in [0.2, 0.25) is 11.8 Å². The molecule has 0 radical (unpaired) electrons. The Kier molecular flexibility index (Phi) is 7.65. The van der Waals surface area contributed by atoms with Crippen LogP contribution in [0.2, 0.25) is 0 Å². The van der Waals surface area contributed by atoms with Gasteiger partial charge < -0.3 is 20.3 Å². The molecule has 3 fully saturated rings. The average molecular weight is 424 g/mol. The van der Waals surface area contributed by atoms with Crippen molar-refractivity contribution < 1.29 is 23.9 Å². The van der Waals surface area contributed by atoms with E-state index < -0.39 is 5.54 Å². The summed E-state index contributed by atoms with van der Waals surface area (Å²) in [6, 6.07) is -0.379. The number of amides is 5. The highest BCUT2D eigenvalue weighted by atomic mass is 16.5. The number of nitrogens with one attached hydrogen (secondary N) is 2. The minimum Gasteiger partial charge on any atom is -0.385 e. The second kappa shape index (κ2) is 10.2. The average Bonchev–Trinajstić information content (AvgIpc) is 3.29. The second-order valence-corrected chi connectivity index (χ2v) is 8.28. The van der Waals surface area contributed by atoms with Gasteiger partial charge in [-0.25, -0.2) is 4.79 Å². The predicted molar refractivity (Wildman–Crippen MR) is 109 cm³/mol. The predicted octanol–water partition coefficient (Wildman–Crippen LogP) is -0.462. The van der Waals surface area contributed by atoms with Gasteiger partial charge in [0.1, 0.15) is 5.54 Å². The molecule has 30 heavy (non-hydrogen) atoms. The van der Waals surface area contributed by atoms with Crippen LogP contribution in [0, 0.1) is 0 Å². The van der Waals surface area contributed by atoms with Crippen LogP contribution in [0.3, 0.4) is 0 Å². The minimum absolute atomic E-state index is 0.0229. The first kappa shape index (κ1) is 22.5. The molecule has 5 amide bonds. The fourth-order valence-electron chi connectivity index (χ4n) is 4.42. The van der Waals surface area contributed by atoms with Crippen molar-refractivity contribution in [2.24, 2.45) is 0 Å². The van der Waals surface area contributed by atoms with Gasteiger partial charge in [0.25, 0.3) is 5.91 Å². The lowest BCUT2D eigenvalue weighted by Gasteiger charge is -2.34. The Morgan fingerprint density at radius 3 is 2.50 bits per heavy atom. The Bertz CT molecular complexity index is 656. The zero-order valence-corrected chi connectivity index (χ0v) is 17.8. The lowest BCUT2D eigenvalue weighted by atomic mass is 9.98. The Morgan fingerprint density at radius 1 is 1.13 bits per heavy atom. The highest BCUT2D eigenvalue weighted by Gasteiger charge is 2.52. The van der Waals surface area contributed by atoms with Gasteiger partial charge >= 0.3 is 6.03 Å². The van der Waals surface area contributed by atoms with Crippen LogP contribution in [0.15, 0.2) is 0 Å². The molecule has 168 valence electrons. The van der Waals surface area contributed by atoms with Gasteiger partial charge in [-0.1, -0.05) is 12.8 Å². The number of hydrogen-bond acceptors (Lipinski definition) is 6. The van der Waals surface area contributed by atoms with Crippen LogP contribution in [0.4, 0.5) is 4.79 Å². The van der Waals surface area contributed by atoms with E-state index in [0.29, 0.717) is 58.7 Å². The van der Waals surface area contributed by atoms with Crippen molar-refractivity contribution in [3.8, 4) is 0 Å². The summed E-state index contributed by atoms with van der Waals surface area (Å²) in [6.45, 7) is 3.99. The number of nitrogens with zero attached hydrogens (tertiary/aromatic N) is 3. The fraction of sp³-hybridized carbons (Fsp3) is 0.800. The van der Waals surface area contributed by atoms with E-state index >= 15 is 0 Å². The van der Waals surface area contributed by atoms with Crippen molar-refractivity contribution in [3.63, 3.8) is 0 Å². The van der Waals surface area contributed by atoms with Gasteiger partial charge in [-0.05, 0) is 19.3 Å². The lowest BCUT2D eigenvalue weighted by molar-refractivity contribution is -0.134. The number of carbonyl (C=O) groups is 4. The zero-order valence-electron chi connectivity index (χ0n) is 17.8. The highest BCUT2D eigenvalue weighted by molar-refractivity contribution is 6.07. The standard InChI is InChI=1S/C20H33N5O5/c1-30-14-4-8-21-16(26)15-23-10-12-24(13-11-23)17(27)5-9-25-18(28)20(22-19(25)29)6-2-3-7-20/h2-15H2,1H3,(H,21,26)(H,22,29). The molecule has 0 aromatic heterocycles. The molecule has 10 heteroatoms.